The van der Waals surface area contributed by atoms with Crippen LogP contribution in [-0.2, 0) is 25.8 Å². The summed E-state index contributed by atoms with van der Waals surface area (Å²) in [5, 5.41) is 29.9. The number of nitrogens with two attached hydrogens (primary N) is 1. The topological polar surface area (TPSA) is 199 Å². The van der Waals surface area contributed by atoms with Crippen molar-refractivity contribution in [3.63, 3.8) is 0 Å². The number of anilines is 1. The normalized spacial score (nSPS) is 21.7. The standard InChI is InChI=1S/C23H24N8O6S2/c24-23-27-18(29-39-23)15(28-37-14-3-1-2-4-14)19(32)26-16-20(33)31-17(22(34)35)13(11-38-21(16)31)10-30-7-5-12(6-8-30)9-25-36/h5-9,14,16,21H,1-4,10-11H2,(H4,24,26,27,29,32,34,35)/t16?,21-/m1/s1. The monoisotopic (exact) mass is 572 g/mol. The molecule has 3 aliphatic rings. The first-order chi connectivity index (χ1) is 18.9. The van der Waals surface area contributed by atoms with E-state index < -0.39 is 29.2 Å². The molecule has 0 bridgehead atoms. The lowest BCUT2D eigenvalue weighted by molar-refractivity contribution is -0.689. The first-order valence-corrected chi connectivity index (χ1v) is 13.9. The Balaban J connectivity index is 1.32. The molecule has 4 N–H and O–H groups in total. The van der Waals surface area contributed by atoms with E-state index in [0.717, 1.165) is 42.1 Å². The van der Waals surface area contributed by atoms with Crippen molar-refractivity contribution >= 4 is 58.1 Å². The molecule has 0 aromatic carbocycles. The highest BCUT2D eigenvalue weighted by molar-refractivity contribution is 8.00. The molecular formula is C23H24N8O6S2. The van der Waals surface area contributed by atoms with Crippen molar-refractivity contribution in [1.29, 1.82) is 0 Å². The fourth-order valence-corrected chi connectivity index (χ4v) is 6.36. The van der Waals surface area contributed by atoms with Gasteiger partial charge in [-0.1, -0.05) is 10.3 Å². The van der Waals surface area contributed by atoms with Crippen molar-refractivity contribution in [3.8, 4) is 0 Å². The van der Waals surface area contributed by atoms with E-state index in [2.05, 4.69) is 25.0 Å². The van der Waals surface area contributed by atoms with Crippen molar-refractivity contribution in [3.05, 3.63) is 47.2 Å². The van der Waals surface area contributed by atoms with E-state index in [-0.39, 0.29) is 35.0 Å². The molecule has 1 saturated carbocycles. The molecule has 2 aromatic heterocycles. The second kappa shape index (κ2) is 11.4. The number of aliphatic carboxylic acids is 1. The van der Waals surface area contributed by atoms with E-state index in [1.165, 1.54) is 18.0 Å². The van der Waals surface area contributed by atoms with Crippen LogP contribution in [0, 0.1) is 0 Å². The van der Waals surface area contributed by atoms with Gasteiger partial charge in [0.25, 0.3) is 11.8 Å². The van der Waals surface area contributed by atoms with Crippen molar-refractivity contribution in [2.45, 2.75) is 49.7 Å². The average molecular weight is 573 g/mol. The number of aromatic nitrogens is 3. The van der Waals surface area contributed by atoms with Crippen LogP contribution in [0.5, 0.6) is 0 Å². The van der Waals surface area contributed by atoms with E-state index >= 15 is 0 Å². The van der Waals surface area contributed by atoms with E-state index in [1.807, 2.05) is 0 Å². The van der Waals surface area contributed by atoms with Gasteiger partial charge in [-0.2, -0.15) is 9.36 Å². The molecule has 1 saturated heterocycles. The zero-order valence-electron chi connectivity index (χ0n) is 20.4. The largest absolute Gasteiger partial charge is 0.543 e. The summed E-state index contributed by atoms with van der Waals surface area (Å²) in [7, 11) is 0. The van der Waals surface area contributed by atoms with E-state index in [4.69, 9.17) is 15.8 Å². The first kappa shape index (κ1) is 26.6. The maximum atomic E-state index is 13.2. The van der Waals surface area contributed by atoms with Crippen molar-refractivity contribution in [2.75, 3.05) is 11.5 Å². The second-order valence-electron chi connectivity index (χ2n) is 9.06. The number of pyridine rings is 1. The van der Waals surface area contributed by atoms with Crippen LogP contribution < -0.4 is 20.7 Å². The molecule has 2 atom stereocenters. The van der Waals surface area contributed by atoms with Gasteiger partial charge in [0.2, 0.25) is 11.5 Å². The summed E-state index contributed by atoms with van der Waals surface area (Å²) in [6.07, 6.45) is 8.19. The minimum absolute atomic E-state index is 0.0150. The van der Waals surface area contributed by atoms with Crippen LogP contribution in [0.2, 0.25) is 0 Å². The average Bonchev–Trinajstić information content (AvgIpc) is 3.60. The number of nitrogens with zero attached hydrogens (tertiary/aromatic N) is 6. The summed E-state index contributed by atoms with van der Waals surface area (Å²) < 4.78 is 5.79. The van der Waals surface area contributed by atoms with Gasteiger partial charge in [-0.25, -0.2) is 4.57 Å². The Morgan fingerprint density at radius 1 is 1.33 bits per heavy atom. The Kier molecular flexibility index (Phi) is 7.74. The Morgan fingerprint density at radius 2 is 2.08 bits per heavy atom. The number of amides is 2. The molecule has 14 nitrogen and oxygen atoms in total. The number of carboxylic acids is 1. The van der Waals surface area contributed by atoms with Crippen LogP contribution in [0.25, 0.3) is 0 Å². The number of carbonyl (C=O) groups excluding carboxylic acids is 3. The molecule has 2 aliphatic heterocycles. The smallest absolute Gasteiger partial charge is 0.278 e. The number of hydrogen-bond donors (Lipinski definition) is 3. The highest BCUT2D eigenvalue weighted by Crippen LogP contribution is 2.40. The Labute approximate surface area is 230 Å². The molecule has 5 rings (SSSR count). The number of oxime groups is 2. The van der Waals surface area contributed by atoms with Gasteiger partial charge in [-0.3, -0.25) is 14.5 Å². The van der Waals surface area contributed by atoms with Gasteiger partial charge in [-0.05, 0) is 25.7 Å². The number of nitrogen functional groups attached to an aromatic ring is 1. The third-order valence-corrected chi connectivity index (χ3v) is 8.37. The van der Waals surface area contributed by atoms with E-state index in [0.29, 0.717) is 16.9 Å². The molecule has 16 heteroatoms. The maximum Gasteiger partial charge on any atom is 0.278 e. The van der Waals surface area contributed by atoms with Gasteiger partial charge in [0.1, 0.15) is 17.5 Å². The van der Waals surface area contributed by atoms with Gasteiger partial charge >= 0.3 is 0 Å². The Bertz CT molecular complexity index is 1370. The van der Waals surface area contributed by atoms with Crippen LogP contribution in [0.15, 0.2) is 46.1 Å². The number of rotatable bonds is 9. The molecule has 39 heavy (non-hydrogen) atoms. The summed E-state index contributed by atoms with van der Waals surface area (Å²) >= 11 is 2.22. The fraction of sp³-hybridized carbons (Fsp3) is 0.391. The number of β-lactam (4-membered cyclic amide) rings is 1. The minimum atomic E-state index is -1.48. The van der Waals surface area contributed by atoms with Crippen molar-refractivity contribution < 1.29 is 34.1 Å². The SMILES string of the molecule is Nc1nc(C(=NOC2CCCC2)C(=O)NC2C(=O)N3C(C(=O)[O-])=C(C[n+]4ccc(C=NO)cc4)CS[C@H]23)ns1. The van der Waals surface area contributed by atoms with Gasteiger partial charge in [-0.15, -0.1) is 11.8 Å². The molecule has 1 unspecified atom stereocenters. The predicted octanol–water partition coefficient (Wildman–Crippen LogP) is -1.02. The zero-order chi connectivity index (χ0) is 27.5. The second-order valence-corrected chi connectivity index (χ2v) is 10.9. The predicted molar refractivity (Wildman–Crippen MR) is 137 cm³/mol. The number of carbonyl (C=O) groups is 3. The number of carboxylic acid groups (broad SMARTS) is 1. The maximum absolute atomic E-state index is 13.2. The Hall–Kier alpha value is -4.05. The highest BCUT2D eigenvalue weighted by atomic mass is 32.2. The zero-order valence-corrected chi connectivity index (χ0v) is 22.1. The summed E-state index contributed by atoms with van der Waals surface area (Å²) in [4.78, 5) is 49.1. The molecule has 4 heterocycles. The molecule has 1 aliphatic carbocycles. The van der Waals surface area contributed by atoms with E-state index in [9.17, 15) is 19.5 Å². The van der Waals surface area contributed by atoms with Gasteiger partial charge in [0, 0.05) is 40.6 Å². The van der Waals surface area contributed by atoms with Crippen LogP contribution in [-0.4, -0.2) is 72.4 Å². The summed E-state index contributed by atoms with van der Waals surface area (Å²) in [5.41, 5.74) is 6.41. The summed E-state index contributed by atoms with van der Waals surface area (Å²) in [5.74, 6) is -2.51. The first-order valence-electron chi connectivity index (χ1n) is 12.0. The van der Waals surface area contributed by atoms with Gasteiger partial charge < -0.3 is 31.0 Å². The van der Waals surface area contributed by atoms with Crippen LogP contribution in [0.4, 0.5) is 5.13 Å². The lowest BCUT2D eigenvalue weighted by Gasteiger charge is -2.50. The third kappa shape index (κ3) is 5.56. The fourth-order valence-electron chi connectivity index (χ4n) is 4.59. The van der Waals surface area contributed by atoms with Crippen LogP contribution in [0.1, 0.15) is 37.1 Å². The lowest BCUT2D eigenvalue weighted by atomic mass is 10.0. The number of nitrogens with one attached hydrogen (secondary N) is 1. The number of hydrogen-bond acceptors (Lipinski definition) is 13. The van der Waals surface area contributed by atoms with Crippen LogP contribution >= 0.6 is 23.3 Å². The lowest BCUT2D eigenvalue weighted by Crippen LogP contribution is -2.71. The Morgan fingerprint density at radius 3 is 2.72 bits per heavy atom. The quantitative estimate of drug-likeness (QED) is 0.110. The van der Waals surface area contributed by atoms with Gasteiger partial charge in [0.05, 0.1) is 17.9 Å². The summed E-state index contributed by atoms with van der Waals surface area (Å²) in [6, 6.07) is 2.40. The van der Waals surface area contributed by atoms with Crippen molar-refractivity contribution in [1.82, 2.24) is 19.6 Å². The molecule has 2 amide bonds. The van der Waals surface area contributed by atoms with Crippen LogP contribution in [0.3, 0.4) is 0 Å². The molecule has 0 spiro atoms. The molecule has 204 valence electrons. The van der Waals surface area contributed by atoms with E-state index in [1.54, 1.807) is 29.1 Å². The molecular weight excluding hydrogens is 548 g/mol. The van der Waals surface area contributed by atoms with Crippen molar-refractivity contribution in [2.24, 2.45) is 10.3 Å². The number of thioether (sulfide) groups is 1. The third-order valence-electron chi connectivity index (χ3n) is 6.49. The van der Waals surface area contributed by atoms with Gasteiger partial charge in [0.15, 0.2) is 24.1 Å². The highest BCUT2D eigenvalue weighted by Gasteiger charge is 2.53. The minimum Gasteiger partial charge on any atom is -0.543 e. The molecule has 2 fully saturated rings. The molecule has 2 aromatic rings. The number of fused-ring (bicyclic) bond motifs is 1. The molecule has 0 radical (unpaired) electrons. The summed E-state index contributed by atoms with van der Waals surface area (Å²) in [6.45, 7) is 0.201.